The molecule has 0 saturated heterocycles. The Bertz CT molecular complexity index is 300. The molecule has 1 N–H and O–H groups in total. The molecule has 0 spiro atoms. The van der Waals surface area contributed by atoms with Crippen molar-refractivity contribution >= 4 is 39.2 Å². The minimum Gasteiger partial charge on any atom is -0.388 e. The molecule has 3 unspecified atom stereocenters. The molecule has 0 heterocycles. The van der Waals surface area contributed by atoms with Crippen molar-refractivity contribution in [3.8, 4) is 0 Å². The first-order chi connectivity index (χ1) is 6.56. The van der Waals surface area contributed by atoms with E-state index in [4.69, 9.17) is 33.2 Å². The van der Waals surface area contributed by atoms with Gasteiger partial charge >= 0.3 is 6.00 Å². The lowest BCUT2D eigenvalue weighted by Crippen LogP contribution is -2.58. The van der Waals surface area contributed by atoms with Gasteiger partial charge in [-0.15, -0.1) is 33.2 Å². The highest BCUT2D eigenvalue weighted by atomic mass is 35.8. The first kappa shape index (κ1) is 12.5. The molecule has 5 heteroatoms. The lowest BCUT2D eigenvalue weighted by Gasteiger charge is -2.47. The van der Waals surface area contributed by atoms with Gasteiger partial charge in [0.15, 0.2) is 0 Å². The molecule has 2 rings (SSSR count). The van der Waals surface area contributed by atoms with E-state index in [-0.39, 0.29) is 10.8 Å². The summed E-state index contributed by atoms with van der Waals surface area (Å²) < 4.78 is 0. The van der Waals surface area contributed by atoms with Crippen molar-refractivity contribution in [1.82, 2.24) is 0 Å². The van der Waals surface area contributed by atoms with Gasteiger partial charge in [-0.3, -0.25) is 0 Å². The monoisotopic (exact) mass is 286 g/mol. The van der Waals surface area contributed by atoms with Crippen molar-refractivity contribution in [3.63, 3.8) is 0 Å². The molecule has 3 atom stereocenters. The molecule has 88 valence electrons. The maximum atomic E-state index is 10.8. The number of aliphatic hydroxyl groups is 1. The smallest absolute Gasteiger partial charge is 0.372 e. The standard InChI is InChI=1S/C10H17Cl3OSi/c1-8(2)7-4-5-9(8,3)10(14,6-7)15(11,12)13/h7,14H,4-6H2,1-3H3. The van der Waals surface area contributed by atoms with Gasteiger partial charge in [0.2, 0.25) is 0 Å². The molecular weight excluding hydrogens is 271 g/mol. The maximum absolute atomic E-state index is 10.8. The fraction of sp³-hybridized carbons (Fsp3) is 1.00. The van der Waals surface area contributed by atoms with Gasteiger partial charge in [0.05, 0.1) is 0 Å². The fourth-order valence-corrected chi connectivity index (χ4v) is 7.83. The Labute approximate surface area is 106 Å². The molecule has 0 aromatic heterocycles. The molecule has 0 amide bonds. The molecule has 0 aromatic rings. The normalized spacial score (nSPS) is 48.6. The van der Waals surface area contributed by atoms with Crippen LogP contribution in [0.25, 0.3) is 0 Å². The third-order valence-electron chi connectivity index (χ3n) is 5.36. The molecule has 2 bridgehead atoms. The molecule has 2 fully saturated rings. The lowest BCUT2D eigenvalue weighted by atomic mass is 9.69. The van der Waals surface area contributed by atoms with Crippen molar-refractivity contribution in [2.24, 2.45) is 16.7 Å². The Balaban J connectivity index is 2.50. The van der Waals surface area contributed by atoms with Crippen LogP contribution in [0.4, 0.5) is 0 Å². The van der Waals surface area contributed by atoms with Crippen molar-refractivity contribution < 1.29 is 5.11 Å². The second kappa shape index (κ2) is 3.08. The van der Waals surface area contributed by atoms with Crippen LogP contribution in [-0.4, -0.2) is 16.3 Å². The molecule has 1 nitrogen and oxygen atoms in total. The molecule has 15 heavy (non-hydrogen) atoms. The van der Waals surface area contributed by atoms with Gasteiger partial charge in [-0.1, -0.05) is 20.8 Å². The second-order valence-corrected chi connectivity index (χ2v) is 14.5. The lowest BCUT2D eigenvalue weighted by molar-refractivity contribution is -0.0270. The fourth-order valence-electron chi connectivity index (χ4n) is 3.70. The number of hydrogen-bond acceptors (Lipinski definition) is 1. The van der Waals surface area contributed by atoms with Crippen molar-refractivity contribution in [1.29, 1.82) is 0 Å². The van der Waals surface area contributed by atoms with E-state index in [2.05, 4.69) is 20.8 Å². The highest BCUT2D eigenvalue weighted by molar-refractivity contribution is 7.65. The summed E-state index contributed by atoms with van der Waals surface area (Å²) in [6.45, 7) is 6.50. The third kappa shape index (κ3) is 1.26. The summed E-state index contributed by atoms with van der Waals surface area (Å²) in [6.07, 6.45) is 2.79. The summed E-state index contributed by atoms with van der Waals surface area (Å²) in [6, 6.07) is -3.09. The van der Waals surface area contributed by atoms with E-state index in [0.717, 1.165) is 12.8 Å². The predicted octanol–water partition coefficient (Wildman–Crippen LogP) is 3.76. The van der Waals surface area contributed by atoms with Crippen LogP contribution in [0.1, 0.15) is 40.0 Å². The minimum atomic E-state index is -3.09. The molecule has 2 aliphatic carbocycles. The zero-order chi connectivity index (χ0) is 11.7. The molecule has 2 saturated carbocycles. The summed E-state index contributed by atoms with van der Waals surface area (Å²) in [5, 5.41) is 9.73. The average Bonchev–Trinajstić information content (AvgIpc) is 2.34. The Hall–Kier alpha value is 1.05. The first-order valence-corrected chi connectivity index (χ1v) is 10.4. The van der Waals surface area contributed by atoms with E-state index in [0.29, 0.717) is 12.3 Å². The van der Waals surface area contributed by atoms with Gasteiger partial charge < -0.3 is 5.11 Å². The number of rotatable bonds is 1. The Morgan fingerprint density at radius 2 is 1.73 bits per heavy atom. The van der Waals surface area contributed by atoms with E-state index in [1.165, 1.54) is 0 Å². The zero-order valence-corrected chi connectivity index (χ0v) is 12.5. The van der Waals surface area contributed by atoms with E-state index in [1.54, 1.807) is 0 Å². The van der Waals surface area contributed by atoms with E-state index in [1.807, 2.05) is 0 Å². The van der Waals surface area contributed by atoms with Crippen molar-refractivity contribution in [3.05, 3.63) is 0 Å². The number of hydrogen-bond donors (Lipinski definition) is 1. The van der Waals surface area contributed by atoms with Gasteiger partial charge in [0, 0.05) is 5.41 Å². The first-order valence-electron chi connectivity index (χ1n) is 5.35. The van der Waals surface area contributed by atoms with Gasteiger partial charge in [0.25, 0.3) is 0 Å². The van der Waals surface area contributed by atoms with Crippen LogP contribution in [0.3, 0.4) is 0 Å². The maximum Gasteiger partial charge on any atom is 0.372 e. The van der Waals surface area contributed by atoms with Crippen molar-refractivity contribution in [2.75, 3.05) is 0 Å². The average molecular weight is 288 g/mol. The third-order valence-corrected chi connectivity index (χ3v) is 9.87. The molecule has 0 radical (unpaired) electrons. The second-order valence-electron chi connectivity index (χ2n) is 5.85. The minimum absolute atomic E-state index is 0.0820. The predicted molar refractivity (Wildman–Crippen MR) is 67.5 cm³/mol. The summed E-state index contributed by atoms with van der Waals surface area (Å²) >= 11 is 18.3. The highest BCUT2D eigenvalue weighted by Crippen LogP contribution is 2.72. The Morgan fingerprint density at radius 3 is 1.93 bits per heavy atom. The van der Waals surface area contributed by atoms with E-state index < -0.39 is 11.2 Å². The summed E-state index contributed by atoms with van der Waals surface area (Å²) in [5.41, 5.74) is -0.152. The van der Waals surface area contributed by atoms with Gasteiger partial charge in [-0.05, 0) is 30.6 Å². The highest BCUT2D eigenvalue weighted by Gasteiger charge is 2.75. The van der Waals surface area contributed by atoms with Gasteiger partial charge in [-0.25, -0.2) is 0 Å². The number of fused-ring (bicyclic) bond motifs is 2. The summed E-state index contributed by atoms with van der Waals surface area (Å²) in [7, 11) is 0. The van der Waals surface area contributed by atoms with Crippen LogP contribution in [0.5, 0.6) is 0 Å². The molecular formula is C10H17Cl3OSi. The topological polar surface area (TPSA) is 20.2 Å². The van der Waals surface area contributed by atoms with Crippen LogP contribution < -0.4 is 0 Å². The SMILES string of the molecule is CC1(C)C2CCC1(C)C(O)([Si](Cl)(Cl)Cl)C2. The Kier molecular flexibility index (Phi) is 2.57. The molecule has 2 aliphatic rings. The summed E-state index contributed by atoms with van der Waals surface area (Å²) in [5.74, 6) is 0.496. The summed E-state index contributed by atoms with van der Waals surface area (Å²) in [4.78, 5) is 0. The Morgan fingerprint density at radius 1 is 1.20 bits per heavy atom. The van der Waals surface area contributed by atoms with Crippen LogP contribution in [-0.2, 0) is 0 Å². The quantitative estimate of drug-likeness (QED) is 0.575. The molecule has 0 aliphatic heterocycles. The zero-order valence-electron chi connectivity index (χ0n) is 9.28. The van der Waals surface area contributed by atoms with Crippen LogP contribution in [0.2, 0.25) is 0 Å². The van der Waals surface area contributed by atoms with E-state index in [9.17, 15) is 5.11 Å². The van der Waals surface area contributed by atoms with Gasteiger partial charge in [0.1, 0.15) is 5.22 Å². The van der Waals surface area contributed by atoms with Crippen LogP contribution in [0, 0.1) is 16.7 Å². The number of halogens is 3. The van der Waals surface area contributed by atoms with Crippen molar-refractivity contribution in [2.45, 2.75) is 45.3 Å². The van der Waals surface area contributed by atoms with Gasteiger partial charge in [-0.2, -0.15) is 0 Å². The molecule has 0 aromatic carbocycles. The largest absolute Gasteiger partial charge is 0.388 e. The van der Waals surface area contributed by atoms with Crippen LogP contribution >= 0.6 is 33.2 Å². The van der Waals surface area contributed by atoms with Crippen LogP contribution in [0.15, 0.2) is 0 Å². The van der Waals surface area contributed by atoms with E-state index >= 15 is 0 Å².